The van der Waals surface area contributed by atoms with Crippen LogP contribution in [-0.4, -0.2) is 15.7 Å². The van der Waals surface area contributed by atoms with Crippen molar-refractivity contribution in [1.29, 1.82) is 0 Å². The van der Waals surface area contributed by atoms with Gasteiger partial charge in [-0.1, -0.05) is 0 Å². The highest BCUT2D eigenvalue weighted by molar-refractivity contribution is 5.79. The number of hydrazone groups is 1. The fourth-order valence-electron chi connectivity index (χ4n) is 0.685. The van der Waals surface area contributed by atoms with Crippen LogP contribution in [0.2, 0.25) is 0 Å². The van der Waals surface area contributed by atoms with Gasteiger partial charge in [0.25, 0.3) is 0 Å². The molecule has 0 bridgehead atoms. The zero-order valence-corrected chi connectivity index (χ0v) is 7.50. The quantitative estimate of drug-likeness (QED) is 0.533. The van der Waals surface area contributed by atoms with Crippen LogP contribution in [0, 0.1) is 6.92 Å². The molecule has 1 N–H and O–H groups in total. The van der Waals surface area contributed by atoms with E-state index < -0.39 is 0 Å². The van der Waals surface area contributed by atoms with E-state index in [2.05, 4.69) is 20.5 Å². The Morgan fingerprint density at radius 3 is 2.75 bits per heavy atom. The number of anilines is 1. The van der Waals surface area contributed by atoms with Crippen LogP contribution in [0.15, 0.2) is 17.5 Å². The Morgan fingerprint density at radius 2 is 2.17 bits per heavy atom. The number of nitrogens with one attached hydrogen (secondary N) is 1. The zero-order valence-electron chi connectivity index (χ0n) is 7.50. The Kier molecular flexibility index (Phi) is 2.74. The molecule has 0 amide bonds. The molecule has 1 aromatic heterocycles. The predicted octanol–water partition coefficient (Wildman–Crippen LogP) is 1.59. The highest BCUT2D eigenvalue weighted by atomic mass is 15.3. The van der Waals surface area contributed by atoms with E-state index in [-0.39, 0.29) is 0 Å². The maximum atomic E-state index is 4.01. The van der Waals surface area contributed by atoms with Crippen LogP contribution in [0.3, 0.4) is 0 Å². The van der Waals surface area contributed by atoms with E-state index in [1.807, 2.05) is 26.8 Å². The Bertz CT molecular complexity index is 289. The van der Waals surface area contributed by atoms with E-state index in [4.69, 9.17) is 0 Å². The Labute approximate surface area is 71.7 Å². The maximum Gasteiger partial charge on any atom is 0.149 e. The summed E-state index contributed by atoms with van der Waals surface area (Å²) in [6.07, 6.45) is 1.51. The first kappa shape index (κ1) is 8.64. The summed E-state index contributed by atoms with van der Waals surface area (Å²) in [5.41, 5.74) is 4.71. The van der Waals surface area contributed by atoms with Crippen molar-refractivity contribution in [1.82, 2.24) is 9.97 Å². The van der Waals surface area contributed by atoms with Gasteiger partial charge in [-0.2, -0.15) is 5.10 Å². The number of aryl methyl sites for hydroxylation is 1. The summed E-state index contributed by atoms with van der Waals surface area (Å²) in [6.45, 7) is 5.75. The Hall–Kier alpha value is -1.45. The number of hydrogen-bond acceptors (Lipinski definition) is 4. The van der Waals surface area contributed by atoms with Crippen LogP contribution in [-0.2, 0) is 0 Å². The van der Waals surface area contributed by atoms with Gasteiger partial charge in [0.05, 0.1) is 0 Å². The van der Waals surface area contributed by atoms with Crippen molar-refractivity contribution >= 4 is 11.5 Å². The molecule has 0 aliphatic carbocycles. The molecule has 0 spiro atoms. The molecule has 4 nitrogen and oxygen atoms in total. The monoisotopic (exact) mass is 164 g/mol. The lowest BCUT2D eigenvalue weighted by Gasteiger charge is -1.99. The summed E-state index contributed by atoms with van der Waals surface area (Å²) >= 11 is 0. The third kappa shape index (κ3) is 2.65. The van der Waals surface area contributed by atoms with Crippen LogP contribution < -0.4 is 5.43 Å². The third-order valence-electron chi connectivity index (χ3n) is 1.20. The van der Waals surface area contributed by atoms with Gasteiger partial charge in [-0.15, -0.1) is 0 Å². The van der Waals surface area contributed by atoms with Crippen molar-refractivity contribution in [3.63, 3.8) is 0 Å². The zero-order chi connectivity index (χ0) is 8.97. The lowest BCUT2D eigenvalue weighted by atomic mass is 10.4. The SMILES string of the molecule is CC(C)=NNc1cc(C)ncn1. The molecule has 0 radical (unpaired) electrons. The van der Waals surface area contributed by atoms with Gasteiger partial charge in [-0.05, 0) is 20.8 Å². The summed E-state index contributed by atoms with van der Waals surface area (Å²) in [5, 5.41) is 4.01. The molecule has 4 heteroatoms. The molecule has 0 atom stereocenters. The van der Waals surface area contributed by atoms with E-state index in [1.165, 1.54) is 6.33 Å². The molecule has 12 heavy (non-hydrogen) atoms. The number of aromatic nitrogens is 2. The molecule has 0 aliphatic heterocycles. The van der Waals surface area contributed by atoms with Gasteiger partial charge in [-0.25, -0.2) is 9.97 Å². The molecular weight excluding hydrogens is 152 g/mol. The van der Waals surface area contributed by atoms with Gasteiger partial charge in [0.1, 0.15) is 12.1 Å². The van der Waals surface area contributed by atoms with Gasteiger partial charge in [0, 0.05) is 17.5 Å². The van der Waals surface area contributed by atoms with Crippen molar-refractivity contribution in [2.24, 2.45) is 5.10 Å². The van der Waals surface area contributed by atoms with Gasteiger partial charge in [-0.3, -0.25) is 5.43 Å². The molecular formula is C8H12N4. The first-order valence-corrected chi connectivity index (χ1v) is 3.74. The highest BCUT2D eigenvalue weighted by Crippen LogP contribution is 2.01. The smallest absolute Gasteiger partial charge is 0.149 e. The average molecular weight is 164 g/mol. The van der Waals surface area contributed by atoms with E-state index in [1.54, 1.807) is 0 Å². The molecule has 0 fully saturated rings. The molecule has 1 aromatic rings. The summed E-state index contributed by atoms with van der Waals surface area (Å²) in [7, 11) is 0. The average Bonchev–Trinajstić information content (AvgIpc) is 2.01. The van der Waals surface area contributed by atoms with E-state index >= 15 is 0 Å². The lowest BCUT2D eigenvalue weighted by Crippen LogP contribution is -1.96. The van der Waals surface area contributed by atoms with Crippen molar-refractivity contribution in [3.05, 3.63) is 18.1 Å². The van der Waals surface area contributed by atoms with Crippen molar-refractivity contribution < 1.29 is 0 Å². The predicted molar refractivity (Wildman–Crippen MR) is 49.2 cm³/mol. The first-order valence-electron chi connectivity index (χ1n) is 3.74. The lowest BCUT2D eigenvalue weighted by molar-refractivity contribution is 1.08. The van der Waals surface area contributed by atoms with Crippen molar-refractivity contribution in [3.8, 4) is 0 Å². The minimum atomic E-state index is 0.726. The third-order valence-corrected chi connectivity index (χ3v) is 1.20. The number of rotatable bonds is 2. The van der Waals surface area contributed by atoms with Crippen LogP contribution >= 0.6 is 0 Å². The second-order valence-electron chi connectivity index (χ2n) is 2.72. The molecule has 0 unspecified atom stereocenters. The van der Waals surface area contributed by atoms with Crippen molar-refractivity contribution in [2.75, 3.05) is 5.43 Å². The Balaban J connectivity index is 2.70. The summed E-state index contributed by atoms with van der Waals surface area (Å²) in [6, 6.07) is 1.84. The highest BCUT2D eigenvalue weighted by Gasteiger charge is 1.91. The molecule has 0 saturated carbocycles. The molecule has 0 saturated heterocycles. The van der Waals surface area contributed by atoms with E-state index in [9.17, 15) is 0 Å². The molecule has 0 aromatic carbocycles. The second-order valence-corrected chi connectivity index (χ2v) is 2.72. The normalized spacial score (nSPS) is 9.25. The largest absolute Gasteiger partial charge is 0.261 e. The first-order chi connectivity index (χ1) is 5.68. The minimum Gasteiger partial charge on any atom is -0.261 e. The topological polar surface area (TPSA) is 50.2 Å². The standard InChI is InChI=1S/C8H12N4/c1-6(2)11-12-8-4-7(3)9-5-10-8/h4-5H,1-3H3,(H,9,10,12). The second kappa shape index (κ2) is 3.80. The van der Waals surface area contributed by atoms with Gasteiger partial charge in [0.2, 0.25) is 0 Å². The molecule has 0 aliphatic rings. The fourth-order valence-corrected chi connectivity index (χ4v) is 0.685. The molecule has 1 rings (SSSR count). The van der Waals surface area contributed by atoms with Crippen LogP contribution in [0.5, 0.6) is 0 Å². The summed E-state index contributed by atoms with van der Waals surface area (Å²) in [4.78, 5) is 7.95. The molecule has 1 heterocycles. The van der Waals surface area contributed by atoms with Gasteiger partial charge < -0.3 is 0 Å². The summed E-state index contributed by atoms with van der Waals surface area (Å²) < 4.78 is 0. The minimum absolute atomic E-state index is 0.726. The van der Waals surface area contributed by atoms with Crippen molar-refractivity contribution in [2.45, 2.75) is 20.8 Å². The fraction of sp³-hybridized carbons (Fsp3) is 0.375. The van der Waals surface area contributed by atoms with Gasteiger partial charge in [0.15, 0.2) is 0 Å². The molecule has 64 valence electrons. The van der Waals surface area contributed by atoms with Crippen LogP contribution in [0.4, 0.5) is 5.82 Å². The maximum absolute atomic E-state index is 4.01. The number of hydrogen-bond donors (Lipinski definition) is 1. The van der Waals surface area contributed by atoms with Crippen LogP contribution in [0.25, 0.3) is 0 Å². The van der Waals surface area contributed by atoms with E-state index in [0.717, 1.165) is 17.2 Å². The van der Waals surface area contributed by atoms with Gasteiger partial charge >= 0.3 is 0 Å². The summed E-state index contributed by atoms with van der Waals surface area (Å²) in [5.74, 6) is 0.726. The number of nitrogens with zero attached hydrogens (tertiary/aromatic N) is 3. The van der Waals surface area contributed by atoms with E-state index in [0.29, 0.717) is 0 Å². The van der Waals surface area contributed by atoms with Crippen LogP contribution in [0.1, 0.15) is 19.5 Å². The Morgan fingerprint density at radius 1 is 1.42 bits per heavy atom.